The van der Waals surface area contributed by atoms with Crippen molar-refractivity contribution < 1.29 is 9.53 Å². The lowest BCUT2D eigenvalue weighted by Crippen LogP contribution is -2.43. The molecule has 0 amide bonds. The van der Waals surface area contributed by atoms with Gasteiger partial charge in [0.15, 0.2) is 5.78 Å². The molecule has 0 radical (unpaired) electrons. The van der Waals surface area contributed by atoms with Crippen LogP contribution in [0.1, 0.15) is 43.2 Å². The summed E-state index contributed by atoms with van der Waals surface area (Å²) in [4.78, 5) is 12.5. The highest BCUT2D eigenvalue weighted by Gasteiger charge is 2.38. The summed E-state index contributed by atoms with van der Waals surface area (Å²) in [5.41, 5.74) is 1.81. The van der Waals surface area contributed by atoms with Crippen LogP contribution in [-0.2, 0) is 16.0 Å². The second-order valence-corrected chi connectivity index (χ2v) is 5.34. The summed E-state index contributed by atoms with van der Waals surface area (Å²) in [6.45, 7) is 2.06. The molecule has 1 aliphatic rings. The van der Waals surface area contributed by atoms with Crippen LogP contribution in [-0.4, -0.2) is 18.5 Å². The van der Waals surface area contributed by atoms with Crippen LogP contribution in [0, 0.1) is 6.92 Å². The number of hydrogen-bond donors (Lipinski definition) is 0. The Kier molecular flexibility index (Phi) is 4.18. The number of rotatable bonds is 4. The first-order valence-corrected chi connectivity index (χ1v) is 6.80. The number of benzene rings is 1. The Morgan fingerprint density at radius 2 is 1.78 bits per heavy atom. The van der Waals surface area contributed by atoms with Gasteiger partial charge in [0.2, 0.25) is 0 Å². The molecule has 1 fully saturated rings. The first-order chi connectivity index (χ1) is 8.66. The molecule has 98 valence electrons. The van der Waals surface area contributed by atoms with Crippen molar-refractivity contribution in [2.24, 2.45) is 0 Å². The SMILES string of the molecule is COC1(C(=O)Cc2ccc(C)cc2)CCCCC1. The summed E-state index contributed by atoms with van der Waals surface area (Å²) < 4.78 is 5.59. The van der Waals surface area contributed by atoms with E-state index < -0.39 is 5.60 Å². The van der Waals surface area contributed by atoms with E-state index in [4.69, 9.17) is 4.74 Å². The van der Waals surface area contributed by atoms with E-state index in [1.54, 1.807) is 7.11 Å². The van der Waals surface area contributed by atoms with E-state index >= 15 is 0 Å². The van der Waals surface area contributed by atoms with Gasteiger partial charge >= 0.3 is 0 Å². The van der Waals surface area contributed by atoms with E-state index in [1.807, 2.05) is 12.1 Å². The minimum atomic E-state index is -0.511. The number of carbonyl (C=O) groups is 1. The Morgan fingerprint density at radius 1 is 1.17 bits per heavy atom. The lowest BCUT2D eigenvalue weighted by Gasteiger charge is -2.34. The third-order valence-corrected chi connectivity index (χ3v) is 4.05. The molecule has 1 saturated carbocycles. The van der Waals surface area contributed by atoms with Crippen LogP contribution in [0.3, 0.4) is 0 Å². The number of methoxy groups -OCH3 is 1. The molecule has 1 aromatic carbocycles. The summed E-state index contributed by atoms with van der Waals surface area (Å²) in [5, 5.41) is 0. The molecule has 0 N–H and O–H groups in total. The highest BCUT2D eigenvalue weighted by molar-refractivity contribution is 5.89. The average Bonchev–Trinajstić information content (AvgIpc) is 2.42. The van der Waals surface area contributed by atoms with Crippen molar-refractivity contribution in [2.45, 2.75) is 51.0 Å². The van der Waals surface area contributed by atoms with Crippen LogP contribution in [0.4, 0.5) is 0 Å². The molecule has 2 rings (SSSR count). The Hall–Kier alpha value is -1.15. The molecule has 0 aromatic heterocycles. The number of ketones is 1. The fraction of sp³-hybridized carbons (Fsp3) is 0.562. The molecule has 0 atom stereocenters. The zero-order valence-electron chi connectivity index (χ0n) is 11.4. The summed E-state index contributed by atoms with van der Waals surface area (Å²) >= 11 is 0. The van der Waals surface area contributed by atoms with Crippen molar-refractivity contribution in [3.63, 3.8) is 0 Å². The second-order valence-electron chi connectivity index (χ2n) is 5.34. The number of carbonyl (C=O) groups excluding carboxylic acids is 1. The summed E-state index contributed by atoms with van der Waals surface area (Å²) in [5.74, 6) is 0.244. The fourth-order valence-corrected chi connectivity index (χ4v) is 2.77. The maximum absolute atomic E-state index is 12.5. The van der Waals surface area contributed by atoms with Gasteiger partial charge in [-0.25, -0.2) is 0 Å². The topological polar surface area (TPSA) is 26.3 Å². The van der Waals surface area contributed by atoms with E-state index in [0.717, 1.165) is 31.2 Å². The lowest BCUT2D eigenvalue weighted by molar-refractivity contribution is -0.144. The highest BCUT2D eigenvalue weighted by atomic mass is 16.5. The monoisotopic (exact) mass is 246 g/mol. The van der Waals surface area contributed by atoms with Gasteiger partial charge in [0, 0.05) is 13.5 Å². The maximum atomic E-state index is 12.5. The highest BCUT2D eigenvalue weighted by Crippen LogP contribution is 2.32. The number of hydrogen-bond acceptors (Lipinski definition) is 2. The number of ether oxygens (including phenoxy) is 1. The normalized spacial score (nSPS) is 18.6. The zero-order chi connectivity index (χ0) is 13.0. The van der Waals surface area contributed by atoms with E-state index in [-0.39, 0.29) is 5.78 Å². The summed E-state index contributed by atoms with van der Waals surface area (Å²) in [6.07, 6.45) is 5.69. The van der Waals surface area contributed by atoms with E-state index in [0.29, 0.717) is 6.42 Å². The van der Waals surface area contributed by atoms with Crippen molar-refractivity contribution in [1.29, 1.82) is 0 Å². The molecule has 18 heavy (non-hydrogen) atoms. The van der Waals surface area contributed by atoms with Gasteiger partial charge in [0.05, 0.1) is 0 Å². The Bertz CT molecular complexity index is 400. The molecule has 0 bridgehead atoms. The van der Waals surface area contributed by atoms with Crippen LogP contribution >= 0.6 is 0 Å². The molecule has 0 heterocycles. The quantitative estimate of drug-likeness (QED) is 0.813. The second kappa shape index (κ2) is 5.66. The van der Waals surface area contributed by atoms with Gasteiger partial charge in [-0.05, 0) is 25.3 Å². The summed E-state index contributed by atoms with van der Waals surface area (Å²) in [6, 6.07) is 8.20. The van der Waals surface area contributed by atoms with Gasteiger partial charge in [-0.3, -0.25) is 4.79 Å². The van der Waals surface area contributed by atoms with Gasteiger partial charge in [0.25, 0.3) is 0 Å². The number of aryl methyl sites for hydroxylation is 1. The van der Waals surface area contributed by atoms with Gasteiger partial charge in [-0.2, -0.15) is 0 Å². The Labute approximate surface area is 109 Å². The fourth-order valence-electron chi connectivity index (χ4n) is 2.77. The zero-order valence-corrected chi connectivity index (χ0v) is 11.4. The maximum Gasteiger partial charge on any atom is 0.168 e. The van der Waals surface area contributed by atoms with Gasteiger partial charge in [-0.1, -0.05) is 49.1 Å². The molecule has 0 saturated heterocycles. The van der Waals surface area contributed by atoms with Crippen molar-refractivity contribution in [3.8, 4) is 0 Å². The van der Waals surface area contributed by atoms with E-state index in [9.17, 15) is 4.79 Å². The average molecular weight is 246 g/mol. The molecular weight excluding hydrogens is 224 g/mol. The lowest BCUT2D eigenvalue weighted by atomic mass is 9.79. The standard InChI is InChI=1S/C16H22O2/c1-13-6-8-14(9-7-13)12-15(17)16(18-2)10-4-3-5-11-16/h6-9H,3-5,10-12H2,1-2H3. The van der Waals surface area contributed by atoms with Crippen LogP contribution in [0.15, 0.2) is 24.3 Å². The van der Waals surface area contributed by atoms with Crippen LogP contribution in [0.2, 0.25) is 0 Å². The molecule has 0 aliphatic heterocycles. The van der Waals surface area contributed by atoms with E-state index in [1.165, 1.54) is 12.0 Å². The molecule has 1 aromatic rings. The first kappa shape index (κ1) is 13.3. The van der Waals surface area contributed by atoms with Gasteiger partial charge in [-0.15, -0.1) is 0 Å². The van der Waals surface area contributed by atoms with Crippen molar-refractivity contribution in [3.05, 3.63) is 35.4 Å². The largest absolute Gasteiger partial charge is 0.370 e. The summed E-state index contributed by atoms with van der Waals surface area (Å²) in [7, 11) is 1.68. The minimum absolute atomic E-state index is 0.244. The molecule has 0 unspecified atom stereocenters. The Balaban J connectivity index is 2.07. The van der Waals surface area contributed by atoms with Crippen LogP contribution < -0.4 is 0 Å². The van der Waals surface area contributed by atoms with Gasteiger partial charge < -0.3 is 4.74 Å². The minimum Gasteiger partial charge on any atom is -0.370 e. The van der Waals surface area contributed by atoms with E-state index in [2.05, 4.69) is 19.1 Å². The van der Waals surface area contributed by atoms with Crippen LogP contribution in [0.25, 0.3) is 0 Å². The third kappa shape index (κ3) is 2.81. The first-order valence-electron chi connectivity index (χ1n) is 6.80. The Morgan fingerprint density at radius 3 is 2.33 bits per heavy atom. The number of Topliss-reactive ketones (excluding diaryl/α,β-unsaturated/α-hetero) is 1. The molecule has 0 spiro atoms. The van der Waals surface area contributed by atoms with Crippen molar-refractivity contribution in [2.75, 3.05) is 7.11 Å². The molecular formula is C16H22O2. The molecule has 2 nitrogen and oxygen atoms in total. The van der Waals surface area contributed by atoms with Crippen LogP contribution in [0.5, 0.6) is 0 Å². The van der Waals surface area contributed by atoms with Crippen molar-refractivity contribution in [1.82, 2.24) is 0 Å². The third-order valence-electron chi connectivity index (χ3n) is 4.05. The smallest absolute Gasteiger partial charge is 0.168 e. The van der Waals surface area contributed by atoms with Gasteiger partial charge in [0.1, 0.15) is 5.60 Å². The van der Waals surface area contributed by atoms with Crippen molar-refractivity contribution >= 4 is 5.78 Å². The predicted octanol–water partition coefficient (Wildman–Crippen LogP) is 3.46. The molecule has 2 heteroatoms. The predicted molar refractivity (Wildman–Crippen MR) is 72.7 cm³/mol. The molecule has 1 aliphatic carbocycles.